The van der Waals surface area contributed by atoms with Gasteiger partial charge in [0, 0.05) is 7.05 Å². The Morgan fingerprint density at radius 3 is 2.60 bits per heavy atom. The third kappa shape index (κ3) is 3.55. The van der Waals surface area contributed by atoms with Crippen LogP contribution >= 0.6 is 0 Å². The van der Waals surface area contributed by atoms with Gasteiger partial charge in [-0.1, -0.05) is 30.3 Å². The first-order valence-electron chi connectivity index (χ1n) is 9.20. The fourth-order valence-electron chi connectivity index (χ4n) is 3.44. The van der Waals surface area contributed by atoms with Crippen molar-refractivity contribution >= 4 is 33.4 Å². The number of sulfonamides is 1. The fraction of sp³-hybridized carbons (Fsp3) is 0.250. The molecular formula is C20H19N3O6S. The number of ether oxygens (including phenoxy) is 1. The normalized spacial score (nSPS) is 18.9. The maximum absolute atomic E-state index is 13.1. The van der Waals surface area contributed by atoms with E-state index in [1.54, 1.807) is 24.3 Å². The summed E-state index contributed by atoms with van der Waals surface area (Å²) < 4.78 is 32.3. The number of hydrogen-bond donors (Lipinski definition) is 1. The molecule has 0 radical (unpaired) electrons. The Morgan fingerprint density at radius 2 is 1.87 bits per heavy atom. The number of benzene rings is 2. The molecule has 1 N–H and O–H groups in total. The fourth-order valence-corrected chi connectivity index (χ4v) is 4.78. The van der Waals surface area contributed by atoms with Gasteiger partial charge in [0.1, 0.15) is 11.8 Å². The molecule has 0 unspecified atom stereocenters. The Hall–Kier alpha value is -3.24. The van der Waals surface area contributed by atoms with Crippen molar-refractivity contribution < 1.29 is 27.5 Å². The third-order valence-electron chi connectivity index (χ3n) is 5.10. The van der Waals surface area contributed by atoms with E-state index in [1.165, 1.54) is 25.2 Å². The van der Waals surface area contributed by atoms with Gasteiger partial charge in [-0.15, -0.1) is 0 Å². The number of imide groups is 1. The summed E-state index contributed by atoms with van der Waals surface area (Å²) in [5.41, 5.74) is 1.01. The molecule has 1 atom stereocenters. The van der Waals surface area contributed by atoms with E-state index in [0.29, 0.717) is 5.75 Å². The molecule has 1 saturated heterocycles. The predicted molar refractivity (Wildman–Crippen MR) is 106 cm³/mol. The van der Waals surface area contributed by atoms with E-state index >= 15 is 0 Å². The van der Waals surface area contributed by atoms with Gasteiger partial charge in [-0.25, -0.2) is 8.42 Å². The zero-order chi connectivity index (χ0) is 21.5. The molecule has 3 amide bonds. The van der Waals surface area contributed by atoms with Gasteiger partial charge < -0.3 is 10.1 Å². The van der Waals surface area contributed by atoms with Crippen molar-refractivity contribution in [2.45, 2.75) is 23.9 Å². The number of rotatable bonds is 5. The zero-order valence-electron chi connectivity index (χ0n) is 16.1. The third-order valence-corrected chi connectivity index (χ3v) is 6.97. The summed E-state index contributed by atoms with van der Waals surface area (Å²) in [7, 11) is -2.83. The first-order chi connectivity index (χ1) is 14.3. The van der Waals surface area contributed by atoms with E-state index in [9.17, 15) is 22.8 Å². The second-order valence-corrected chi connectivity index (χ2v) is 9.04. The van der Waals surface area contributed by atoms with Crippen molar-refractivity contribution in [2.24, 2.45) is 0 Å². The topological polar surface area (TPSA) is 113 Å². The maximum Gasteiger partial charge on any atom is 0.262 e. The van der Waals surface area contributed by atoms with Crippen molar-refractivity contribution in [3.05, 3.63) is 54.1 Å². The Morgan fingerprint density at radius 1 is 1.13 bits per heavy atom. The van der Waals surface area contributed by atoms with Crippen LogP contribution in [0.25, 0.3) is 0 Å². The minimum Gasteiger partial charge on any atom is -0.482 e. The molecule has 2 heterocycles. The lowest BCUT2D eigenvalue weighted by atomic mass is 10.2. The number of hydrogen-bond acceptors (Lipinski definition) is 6. The van der Waals surface area contributed by atoms with Crippen molar-refractivity contribution in [2.75, 3.05) is 19.0 Å². The quantitative estimate of drug-likeness (QED) is 0.709. The van der Waals surface area contributed by atoms with Gasteiger partial charge in [0.25, 0.3) is 5.91 Å². The number of carbonyl (C=O) groups is 3. The number of fused-ring (bicyclic) bond motifs is 1. The first-order valence-corrected chi connectivity index (χ1v) is 10.6. The van der Waals surface area contributed by atoms with Crippen molar-refractivity contribution in [3.63, 3.8) is 0 Å². The highest BCUT2D eigenvalue weighted by molar-refractivity contribution is 7.89. The van der Waals surface area contributed by atoms with Crippen LogP contribution in [0.2, 0.25) is 0 Å². The van der Waals surface area contributed by atoms with Gasteiger partial charge in [-0.2, -0.15) is 4.31 Å². The molecule has 4 rings (SSSR count). The molecule has 0 bridgehead atoms. The predicted octanol–water partition coefficient (Wildman–Crippen LogP) is 0.966. The number of carbonyl (C=O) groups excluding carboxylic acids is 3. The molecule has 0 aliphatic carbocycles. The van der Waals surface area contributed by atoms with E-state index < -0.39 is 33.8 Å². The Balaban J connectivity index is 1.57. The number of nitrogens with one attached hydrogen (secondary N) is 1. The second kappa shape index (κ2) is 7.54. The Bertz CT molecular complexity index is 1130. The van der Waals surface area contributed by atoms with Gasteiger partial charge in [-0.05, 0) is 23.8 Å². The van der Waals surface area contributed by atoms with Crippen molar-refractivity contribution in [3.8, 4) is 5.75 Å². The molecule has 2 aliphatic heterocycles. The molecule has 10 heteroatoms. The monoisotopic (exact) mass is 429 g/mol. The summed E-state index contributed by atoms with van der Waals surface area (Å²) in [4.78, 5) is 37.7. The lowest BCUT2D eigenvalue weighted by Gasteiger charge is -2.24. The number of amides is 3. The van der Waals surface area contributed by atoms with Crippen LogP contribution in [0.15, 0.2) is 53.4 Å². The summed E-state index contributed by atoms with van der Waals surface area (Å²) >= 11 is 0. The summed E-state index contributed by atoms with van der Waals surface area (Å²) in [6.07, 6.45) is -0.230. The van der Waals surface area contributed by atoms with E-state index in [-0.39, 0.29) is 30.2 Å². The molecule has 0 saturated carbocycles. The van der Waals surface area contributed by atoms with Crippen LogP contribution < -0.4 is 10.1 Å². The van der Waals surface area contributed by atoms with Crippen molar-refractivity contribution in [1.82, 2.24) is 9.21 Å². The SMILES string of the molecule is CN([C@@H]1CC(=O)N(Cc2ccccc2)C1=O)S(=O)(=O)c1ccc2c(c1)NC(=O)CO2. The second-order valence-electron chi connectivity index (χ2n) is 7.04. The molecular weight excluding hydrogens is 410 g/mol. The molecule has 2 aliphatic rings. The summed E-state index contributed by atoms with van der Waals surface area (Å²) in [5.74, 6) is -1.03. The number of anilines is 1. The molecule has 30 heavy (non-hydrogen) atoms. The number of likely N-dealkylation sites (N-methyl/N-ethyl adjacent to an activating group) is 1. The molecule has 9 nitrogen and oxygen atoms in total. The Kier molecular flexibility index (Phi) is 5.04. The van der Waals surface area contributed by atoms with Crippen molar-refractivity contribution in [1.29, 1.82) is 0 Å². The highest BCUT2D eigenvalue weighted by Gasteiger charge is 2.44. The highest BCUT2D eigenvalue weighted by atomic mass is 32.2. The summed E-state index contributed by atoms with van der Waals surface area (Å²) in [6.45, 7) is -0.0555. The van der Waals surface area contributed by atoms with E-state index in [1.807, 2.05) is 6.07 Å². The minimum absolute atomic E-state index is 0.0884. The number of likely N-dealkylation sites (tertiary alicyclic amines) is 1. The number of nitrogens with zero attached hydrogens (tertiary/aromatic N) is 2. The van der Waals surface area contributed by atoms with Crippen LogP contribution in [0.5, 0.6) is 5.75 Å². The summed E-state index contributed by atoms with van der Waals surface area (Å²) in [6, 6.07) is 11.9. The van der Waals surface area contributed by atoms with Gasteiger partial charge >= 0.3 is 0 Å². The average Bonchev–Trinajstić information content (AvgIpc) is 3.01. The van der Waals surface area contributed by atoms with Gasteiger partial charge in [-0.3, -0.25) is 19.3 Å². The van der Waals surface area contributed by atoms with Gasteiger partial charge in [0.2, 0.25) is 21.8 Å². The molecule has 0 spiro atoms. The van der Waals surface area contributed by atoms with Crippen LogP contribution in [0, 0.1) is 0 Å². The maximum atomic E-state index is 13.1. The largest absolute Gasteiger partial charge is 0.482 e. The van der Waals surface area contributed by atoms with E-state index in [0.717, 1.165) is 14.8 Å². The van der Waals surface area contributed by atoms with Gasteiger partial charge in [0.15, 0.2) is 6.61 Å². The standard InChI is InChI=1S/C20H19N3O6S/c1-22(16-10-19(25)23(20(16)26)11-13-5-3-2-4-6-13)30(27,28)14-7-8-17-15(9-14)21-18(24)12-29-17/h2-9,16H,10-12H2,1H3,(H,21,24)/t16-/m1/s1. The molecule has 1 fully saturated rings. The van der Waals surface area contributed by atoms with Crippen LogP contribution in [0.4, 0.5) is 5.69 Å². The van der Waals surface area contributed by atoms with E-state index in [4.69, 9.17) is 4.74 Å². The first kappa shape index (κ1) is 20.0. The summed E-state index contributed by atoms with van der Waals surface area (Å²) in [5, 5.41) is 2.55. The van der Waals surface area contributed by atoms with Gasteiger partial charge in [0.05, 0.1) is 23.5 Å². The van der Waals surface area contributed by atoms with Crippen LogP contribution in [-0.4, -0.2) is 55.0 Å². The van der Waals surface area contributed by atoms with Crippen LogP contribution in [0.1, 0.15) is 12.0 Å². The molecule has 156 valence electrons. The molecule has 2 aromatic carbocycles. The zero-order valence-corrected chi connectivity index (χ0v) is 16.9. The lowest BCUT2D eigenvalue weighted by molar-refractivity contribution is -0.140. The Labute approximate surface area is 173 Å². The minimum atomic E-state index is -4.10. The average molecular weight is 429 g/mol. The smallest absolute Gasteiger partial charge is 0.262 e. The molecule has 0 aromatic heterocycles. The highest BCUT2D eigenvalue weighted by Crippen LogP contribution is 2.32. The van der Waals surface area contributed by atoms with E-state index in [2.05, 4.69) is 5.32 Å². The van der Waals surface area contributed by atoms with Crippen LogP contribution in [-0.2, 0) is 31.0 Å². The molecule has 2 aromatic rings. The lowest BCUT2D eigenvalue weighted by Crippen LogP contribution is -2.42. The van der Waals surface area contributed by atoms with Crippen LogP contribution in [0.3, 0.4) is 0 Å².